The van der Waals surface area contributed by atoms with Gasteiger partial charge in [0.15, 0.2) is 5.78 Å². The molecule has 1 aliphatic rings. The van der Waals surface area contributed by atoms with Gasteiger partial charge < -0.3 is 20.7 Å². The monoisotopic (exact) mass is 501 g/mol. The van der Waals surface area contributed by atoms with Gasteiger partial charge in [-0.3, -0.25) is 19.2 Å². The number of ketones is 2. The van der Waals surface area contributed by atoms with Crippen LogP contribution in [0.1, 0.15) is 77.7 Å². The summed E-state index contributed by atoms with van der Waals surface area (Å²) in [4.78, 5) is 63.1. The Morgan fingerprint density at radius 2 is 1.75 bits per heavy atom. The Balaban J connectivity index is 2.02. The van der Waals surface area contributed by atoms with Crippen molar-refractivity contribution in [2.45, 2.75) is 96.9 Å². The van der Waals surface area contributed by atoms with E-state index in [2.05, 4.69) is 16.0 Å². The van der Waals surface area contributed by atoms with Crippen LogP contribution in [0.5, 0.6) is 0 Å². The quantitative estimate of drug-likeness (QED) is 0.356. The van der Waals surface area contributed by atoms with Crippen LogP contribution in [0.4, 0.5) is 4.79 Å². The fourth-order valence-corrected chi connectivity index (χ4v) is 4.08. The predicted octanol–water partition coefficient (Wildman–Crippen LogP) is 3.20. The molecule has 9 nitrogen and oxygen atoms in total. The third-order valence-electron chi connectivity index (χ3n) is 6.09. The molecule has 0 radical (unpaired) electrons. The normalized spacial score (nSPS) is 17.1. The predicted molar refractivity (Wildman–Crippen MR) is 135 cm³/mol. The average molecular weight is 502 g/mol. The maximum Gasteiger partial charge on any atom is 0.408 e. The van der Waals surface area contributed by atoms with Crippen LogP contribution in [0, 0.1) is 5.92 Å². The lowest BCUT2D eigenvalue weighted by Gasteiger charge is -2.25. The summed E-state index contributed by atoms with van der Waals surface area (Å²) >= 11 is 0. The van der Waals surface area contributed by atoms with Gasteiger partial charge in [-0.2, -0.15) is 0 Å². The van der Waals surface area contributed by atoms with Crippen LogP contribution >= 0.6 is 0 Å². The molecule has 0 heterocycles. The van der Waals surface area contributed by atoms with Crippen LogP contribution < -0.4 is 16.0 Å². The summed E-state index contributed by atoms with van der Waals surface area (Å²) in [7, 11) is 0. The van der Waals surface area contributed by atoms with Gasteiger partial charge in [0.05, 0.1) is 12.1 Å². The van der Waals surface area contributed by atoms with Crippen molar-refractivity contribution in [2.75, 3.05) is 0 Å². The SMILES string of the molecule is CCCC[C@H](NC(=O)[C@H](CC(C)C)NC(=O)OCc1ccccc1)C(=O)C(=O)N[C@H]1CCCCC1=O. The molecule has 9 heteroatoms. The number of ether oxygens (including phenoxy) is 1. The second-order valence-electron chi connectivity index (χ2n) is 9.69. The van der Waals surface area contributed by atoms with E-state index >= 15 is 0 Å². The zero-order valence-electron chi connectivity index (χ0n) is 21.5. The molecular weight excluding hydrogens is 462 g/mol. The van der Waals surface area contributed by atoms with E-state index in [9.17, 15) is 24.0 Å². The summed E-state index contributed by atoms with van der Waals surface area (Å²) in [5, 5.41) is 7.80. The number of Topliss-reactive ketones (excluding diaryl/α,β-unsaturated/α-hetero) is 2. The van der Waals surface area contributed by atoms with Crippen LogP contribution in [0.25, 0.3) is 0 Å². The van der Waals surface area contributed by atoms with Gasteiger partial charge in [0.2, 0.25) is 11.7 Å². The number of carbonyl (C=O) groups is 5. The minimum Gasteiger partial charge on any atom is -0.445 e. The zero-order chi connectivity index (χ0) is 26.5. The summed E-state index contributed by atoms with van der Waals surface area (Å²) in [5.41, 5.74) is 0.810. The Kier molecular flexibility index (Phi) is 12.1. The molecule has 0 bridgehead atoms. The number of alkyl carbamates (subject to hydrolysis) is 1. The molecule has 1 aromatic rings. The van der Waals surface area contributed by atoms with E-state index in [1.54, 1.807) is 0 Å². The number of unbranched alkanes of at least 4 members (excludes halogenated alkanes) is 1. The molecule has 0 saturated heterocycles. The van der Waals surface area contributed by atoms with Crippen molar-refractivity contribution in [3.63, 3.8) is 0 Å². The van der Waals surface area contributed by atoms with Crippen LogP contribution in [0.2, 0.25) is 0 Å². The molecule has 1 aromatic carbocycles. The maximum atomic E-state index is 13.1. The van der Waals surface area contributed by atoms with Gasteiger partial charge >= 0.3 is 6.09 Å². The molecule has 3 atom stereocenters. The second-order valence-corrected chi connectivity index (χ2v) is 9.69. The largest absolute Gasteiger partial charge is 0.445 e. The number of hydrogen-bond acceptors (Lipinski definition) is 6. The summed E-state index contributed by atoms with van der Waals surface area (Å²) < 4.78 is 5.25. The Labute approximate surface area is 213 Å². The van der Waals surface area contributed by atoms with Crippen LogP contribution in [0.15, 0.2) is 30.3 Å². The summed E-state index contributed by atoms with van der Waals surface area (Å²) in [6, 6.07) is 6.52. The highest BCUT2D eigenvalue weighted by molar-refractivity contribution is 6.38. The molecule has 3 N–H and O–H groups in total. The van der Waals surface area contributed by atoms with E-state index < -0.39 is 41.8 Å². The number of nitrogens with one attached hydrogen (secondary N) is 3. The molecule has 1 fully saturated rings. The first-order chi connectivity index (χ1) is 17.2. The van der Waals surface area contributed by atoms with Gasteiger partial charge in [0, 0.05) is 6.42 Å². The molecular formula is C27H39N3O6. The molecule has 198 valence electrons. The average Bonchev–Trinajstić information content (AvgIpc) is 2.86. The van der Waals surface area contributed by atoms with Gasteiger partial charge in [0.1, 0.15) is 12.6 Å². The van der Waals surface area contributed by atoms with Crippen molar-refractivity contribution < 1.29 is 28.7 Å². The first kappa shape index (κ1) is 29.0. The molecule has 36 heavy (non-hydrogen) atoms. The minimum absolute atomic E-state index is 0.0559. The van der Waals surface area contributed by atoms with Gasteiger partial charge in [-0.25, -0.2) is 4.79 Å². The van der Waals surface area contributed by atoms with E-state index in [1.807, 2.05) is 51.1 Å². The van der Waals surface area contributed by atoms with Crippen molar-refractivity contribution in [1.29, 1.82) is 0 Å². The molecule has 1 aliphatic carbocycles. The Morgan fingerprint density at radius 3 is 2.39 bits per heavy atom. The molecule has 0 unspecified atom stereocenters. The molecule has 0 spiro atoms. The number of amides is 3. The van der Waals surface area contributed by atoms with Gasteiger partial charge in [-0.05, 0) is 37.2 Å². The number of hydrogen-bond donors (Lipinski definition) is 3. The first-order valence-corrected chi connectivity index (χ1v) is 12.9. The van der Waals surface area contributed by atoms with Gasteiger partial charge in [0.25, 0.3) is 5.91 Å². The highest BCUT2D eigenvalue weighted by Crippen LogP contribution is 2.15. The lowest BCUT2D eigenvalue weighted by molar-refractivity contribution is -0.141. The van der Waals surface area contributed by atoms with E-state index in [0.29, 0.717) is 25.7 Å². The Hall–Kier alpha value is -3.23. The van der Waals surface area contributed by atoms with Crippen LogP contribution in [-0.4, -0.2) is 47.6 Å². The molecule has 0 aliphatic heterocycles. The van der Waals surface area contributed by atoms with Crippen molar-refractivity contribution >= 4 is 29.5 Å². The van der Waals surface area contributed by atoms with Crippen LogP contribution in [0.3, 0.4) is 0 Å². The Morgan fingerprint density at radius 1 is 1.03 bits per heavy atom. The standard InChI is InChI=1S/C27H39N3O6/c1-4-5-13-21(24(32)26(34)28-20-14-9-10-15-23(20)31)29-25(33)22(16-18(2)3)30-27(35)36-17-19-11-7-6-8-12-19/h6-8,11-12,18,20-22H,4-5,9-10,13-17H2,1-3H3,(H,28,34)(H,29,33)(H,30,35)/t20-,21-,22-/m0/s1. The highest BCUT2D eigenvalue weighted by Gasteiger charge is 2.33. The number of carbonyl (C=O) groups excluding carboxylic acids is 5. The number of benzene rings is 1. The first-order valence-electron chi connectivity index (χ1n) is 12.9. The van der Waals surface area contributed by atoms with E-state index in [0.717, 1.165) is 24.8 Å². The summed E-state index contributed by atoms with van der Waals surface area (Å²) in [5.74, 6) is -2.22. The lowest BCUT2D eigenvalue weighted by atomic mass is 9.93. The third kappa shape index (κ3) is 9.79. The van der Waals surface area contributed by atoms with Crippen molar-refractivity contribution in [2.24, 2.45) is 5.92 Å². The minimum atomic E-state index is -1.05. The fraction of sp³-hybridized carbons (Fsp3) is 0.593. The zero-order valence-corrected chi connectivity index (χ0v) is 21.5. The van der Waals surface area contributed by atoms with Gasteiger partial charge in [-0.1, -0.05) is 70.4 Å². The third-order valence-corrected chi connectivity index (χ3v) is 6.09. The van der Waals surface area contributed by atoms with E-state index in [4.69, 9.17) is 4.74 Å². The van der Waals surface area contributed by atoms with Crippen LogP contribution in [-0.2, 0) is 30.5 Å². The maximum absolute atomic E-state index is 13.1. The molecule has 0 aromatic heterocycles. The second kappa shape index (κ2) is 15.0. The fourth-order valence-electron chi connectivity index (χ4n) is 4.08. The lowest BCUT2D eigenvalue weighted by Crippen LogP contribution is -2.55. The molecule has 3 amide bonds. The van der Waals surface area contributed by atoms with E-state index in [-0.39, 0.29) is 24.7 Å². The van der Waals surface area contributed by atoms with Gasteiger partial charge in [-0.15, -0.1) is 0 Å². The molecule has 2 rings (SSSR count). The highest BCUT2D eigenvalue weighted by atomic mass is 16.5. The number of rotatable bonds is 13. The Bertz CT molecular complexity index is 902. The van der Waals surface area contributed by atoms with Crippen molar-refractivity contribution in [3.05, 3.63) is 35.9 Å². The summed E-state index contributed by atoms with van der Waals surface area (Å²) in [6.07, 6.45) is 3.73. The topological polar surface area (TPSA) is 131 Å². The van der Waals surface area contributed by atoms with Crippen molar-refractivity contribution in [3.8, 4) is 0 Å². The van der Waals surface area contributed by atoms with Crippen molar-refractivity contribution in [1.82, 2.24) is 16.0 Å². The summed E-state index contributed by atoms with van der Waals surface area (Å²) in [6.45, 7) is 5.81. The molecule has 1 saturated carbocycles. The van der Waals surface area contributed by atoms with E-state index in [1.165, 1.54) is 0 Å². The smallest absolute Gasteiger partial charge is 0.408 e.